The molecule has 1 atom stereocenters. The van der Waals surface area contributed by atoms with Crippen LogP contribution in [0.2, 0.25) is 0 Å². The number of phosphoric acid groups is 1. The Kier molecular flexibility index (Phi) is 6.90. The van der Waals surface area contributed by atoms with Gasteiger partial charge in [0.15, 0.2) is 0 Å². The molecule has 94 valence electrons. The molecule has 0 radical (unpaired) electrons. The topological polar surface area (TPSA) is 156 Å². The number of hydrogen-bond acceptors (Lipinski definition) is 5. The fourth-order valence-corrected chi connectivity index (χ4v) is 0.558. The Morgan fingerprint density at radius 1 is 1.50 bits per heavy atom. The highest BCUT2D eigenvalue weighted by Crippen LogP contribution is 2.25. The molecule has 1 aromatic heterocycles. The lowest BCUT2D eigenvalue weighted by Gasteiger charge is -2.05. The lowest BCUT2D eigenvalue weighted by atomic mass is 10.4. The molecule has 0 spiro atoms. The fourth-order valence-electron chi connectivity index (χ4n) is 0.558. The number of nitrogens with zero attached hydrogens (tertiary/aromatic N) is 1. The first kappa shape index (κ1) is 15.0. The average molecular weight is 256 g/mol. The molecule has 10 heteroatoms. The molecule has 0 fully saturated rings. The van der Waals surface area contributed by atoms with Gasteiger partial charge in [-0.1, -0.05) is 0 Å². The molecule has 16 heavy (non-hydrogen) atoms. The van der Waals surface area contributed by atoms with Crippen LogP contribution in [0.4, 0.5) is 0 Å². The second-order valence-corrected chi connectivity index (χ2v) is 3.58. The largest absolute Gasteiger partial charge is 0.466 e. The number of aliphatic hydroxyl groups excluding tert-OH is 2. The molecule has 0 amide bonds. The summed E-state index contributed by atoms with van der Waals surface area (Å²) in [6.45, 7) is -0.259. The molecule has 0 aliphatic rings. The summed E-state index contributed by atoms with van der Waals surface area (Å²) in [6.07, 6.45) is 2.31. The Morgan fingerprint density at radius 3 is 2.44 bits per heavy atom. The molecule has 1 unspecified atom stereocenters. The van der Waals surface area contributed by atoms with Crippen molar-refractivity contribution in [3.63, 3.8) is 0 Å². The number of rotatable bonds is 4. The lowest BCUT2D eigenvalue weighted by molar-refractivity contribution is 0.0507. The molecule has 0 bridgehead atoms. The maximum Gasteiger partial charge on any atom is 0.466 e. The van der Waals surface area contributed by atoms with Gasteiger partial charge in [-0.3, -0.25) is 0 Å². The van der Waals surface area contributed by atoms with Crippen molar-refractivity contribution < 1.29 is 34.2 Å². The highest BCUT2D eigenvalue weighted by Gasteiger charge is 2.02. The molecular weight excluding hydrogens is 243 g/mol. The number of aromatic nitrogens is 2. The van der Waals surface area contributed by atoms with Crippen LogP contribution in [0, 0.1) is 0 Å². The van der Waals surface area contributed by atoms with Gasteiger partial charge in [0, 0.05) is 12.4 Å². The number of aliphatic hydroxyl groups is 2. The summed E-state index contributed by atoms with van der Waals surface area (Å²) in [7, 11) is -4.64. The lowest BCUT2D eigenvalue weighted by Crippen LogP contribution is -2.21. The Bertz CT molecular complexity index is 302. The van der Waals surface area contributed by atoms with Crippen LogP contribution in [0.25, 0.3) is 0 Å². The number of nitrogens with one attached hydrogen (secondary N) is 1. The summed E-state index contributed by atoms with van der Waals surface area (Å²) in [5.41, 5.74) is 0. The maximum atomic E-state index is 8.88. The first-order valence-electron chi connectivity index (χ1n) is 4.02. The van der Waals surface area contributed by atoms with E-state index in [1.807, 2.05) is 0 Å². The first-order chi connectivity index (χ1) is 7.33. The molecule has 0 aromatic carbocycles. The summed E-state index contributed by atoms with van der Waals surface area (Å²) in [4.78, 5) is 28.0. The smallest absolute Gasteiger partial charge is 0.462 e. The average Bonchev–Trinajstić information content (AvgIpc) is 2.63. The maximum absolute atomic E-state index is 8.88. The fraction of sp³-hybridized carbons (Fsp3) is 0.500. The normalized spacial score (nSPS) is 12.6. The van der Waals surface area contributed by atoms with Crippen molar-refractivity contribution in [3.05, 3.63) is 12.4 Å². The van der Waals surface area contributed by atoms with Crippen LogP contribution in [0.1, 0.15) is 0 Å². The molecule has 1 rings (SSSR count). The SMILES string of the molecule is O=P(O)(O)O.OCC(O)COc1ncc[nH]1. The van der Waals surface area contributed by atoms with Crippen LogP contribution in [0.5, 0.6) is 6.01 Å². The van der Waals surface area contributed by atoms with Crippen molar-refractivity contribution in [3.8, 4) is 6.01 Å². The minimum absolute atomic E-state index is 0.0456. The third kappa shape index (κ3) is 11.1. The zero-order chi connectivity index (χ0) is 12.6. The van der Waals surface area contributed by atoms with E-state index in [4.69, 9.17) is 34.2 Å². The van der Waals surface area contributed by atoms with Crippen molar-refractivity contribution in [2.75, 3.05) is 13.2 Å². The zero-order valence-electron chi connectivity index (χ0n) is 8.09. The van der Waals surface area contributed by atoms with E-state index in [1.54, 1.807) is 12.4 Å². The summed E-state index contributed by atoms with van der Waals surface area (Å²) >= 11 is 0. The van der Waals surface area contributed by atoms with E-state index >= 15 is 0 Å². The van der Waals surface area contributed by atoms with Gasteiger partial charge in [0.2, 0.25) is 0 Å². The van der Waals surface area contributed by atoms with Gasteiger partial charge < -0.3 is 34.6 Å². The number of ether oxygens (including phenoxy) is 1. The summed E-state index contributed by atoms with van der Waals surface area (Å²) in [5, 5.41) is 17.2. The molecule has 1 heterocycles. The van der Waals surface area contributed by atoms with E-state index in [1.165, 1.54) is 0 Å². The van der Waals surface area contributed by atoms with E-state index in [2.05, 4.69) is 9.97 Å². The minimum Gasteiger partial charge on any atom is -0.462 e. The Morgan fingerprint density at radius 2 is 2.06 bits per heavy atom. The van der Waals surface area contributed by atoms with Crippen LogP contribution in [0.15, 0.2) is 12.4 Å². The van der Waals surface area contributed by atoms with Crippen molar-refractivity contribution >= 4 is 7.82 Å². The monoisotopic (exact) mass is 256 g/mol. The quantitative estimate of drug-likeness (QED) is 0.345. The number of imidazole rings is 1. The van der Waals surface area contributed by atoms with Crippen LogP contribution in [-0.2, 0) is 4.57 Å². The van der Waals surface area contributed by atoms with Crippen LogP contribution in [0.3, 0.4) is 0 Å². The predicted molar refractivity (Wildman–Crippen MR) is 51.4 cm³/mol. The molecule has 1 aromatic rings. The predicted octanol–water partition coefficient (Wildman–Crippen LogP) is -1.79. The van der Waals surface area contributed by atoms with Crippen LogP contribution in [-0.4, -0.2) is 54.2 Å². The molecule has 0 saturated heterocycles. The zero-order valence-corrected chi connectivity index (χ0v) is 8.99. The van der Waals surface area contributed by atoms with E-state index in [0.29, 0.717) is 6.01 Å². The number of H-pyrrole nitrogens is 1. The second kappa shape index (κ2) is 7.34. The van der Waals surface area contributed by atoms with Gasteiger partial charge in [-0.2, -0.15) is 0 Å². The summed E-state index contributed by atoms with van der Waals surface area (Å²) in [5.74, 6) is 0. The Balaban J connectivity index is 0.000000385. The van der Waals surface area contributed by atoms with Crippen LogP contribution < -0.4 is 4.74 Å². The third-order valence-corrected chi connectivity index (χ3v) is 1.10. The van der Waals surface area contributed by atoms with E-state index in [-0.39, 0.29) is 13.2 Å². The number of aromatic amines is 1. The van der Waals surface area contributed by atoms with Gasteiger partial charge >= 0.3 is 7.82 Å². The van der Waals surface area contributed by atoms with E-state index in [0.717, 1.165) is 0 Å². The van der Waals surface area contributed by atoms with E-state index in [9.17, 15) is 0 Å². The number of hydrogen-bond donors (Lipinski definition) is 6. The Hall–Kier alpha value is -0.960. The van der Waals surface area contributed by atoms with Gasteiger partial charge in [-0.15, -0.1) is 0 Å². The molecule has 9 nitrogen and oxygen atoms in total. The van der Waals surface area contributed by atoms with Crippen LogP contribution >= 0.6 is 7.82 Å². The Labute approximate surface area is 90.6 Å². The minimum atomic E-state index is -4.64. The van der Waals surface area contributed by atoms with Crippen molar-refractivity contribution in [1.82, 2.24) is 9.97 Å². The molecule has 0 aliphatic heterocycles. The second-order valence-electron chi connectivity index (χ2n) is 2.56. The first-order valence-corrected chi connectivity index (χ1v) is 5.59. The van der Waals surface area contributed by atoms with Gasteiger partial charge in [0.1, 0.15) is 12.7 Å². The standard InChI is InChI=1S/C6H10N2O3.H3O4P/c9-3-5(10)4-11-6-7-1-2-8-6;1-5(2,3)4/h1-2,5,9-10H,3-4H2,(H,7,8);(H3,1,2,3,4). The molecule has 0 aliphatic carbocycles. The third-order valence-electron chi connectivity index (χ3n) is 1.10. The van der Waals surface area contributed by atoms with E-state index < -0.39 is 13.9 Å². The molecular formula is C6H13N2O7P. The summed E-state index contributed by atoms with van der Waals surface area (Å²) < 4.78 is 13.8. The molecule has 0 saturated carbocycles. The van der Waals surface area contributed by atoms with Gasteiger partial charge in [0.05, 0.1) is 6.61 Å². The highest BCUT2D eigenvalue weighted by atomic mass is 31.2. The van der Waals surface area contributed by atoms with Gasteiger partial charge in [0.25, 0.3) is 6.01 Å². The molecule has 6 N–H and O–H groups in total. The van der Waals surface area contributed by atoms with Crippen molar-refractivity contribution in [2.45, 2.75) is 6.10 Å². The van der Waals surface area contributed by atoms with Crippen molar-refractivity contribution in [1.29, 1.82) is 0 Å². The van der Waals surface area contributed by atoms with Crippen molar-refractivity contribution in [2.24, 2.45) is 0 Å². The van der Waals surface area contributed by atoms with Gasteiger partial charge in [-0.05, 0) is 0 Å². The highest BCUT2D eigenvalue weighted by molar-refractivity contribution is 7.45. The summed E-state index contributed by atoms with van der Waals surface area (Å²) in [6, 6.07) is 0.345. The van der Waals surface area contributed by atoms with Gasteiger partial charge in [-0.25, -0.2) is 9.55 Å².